The number of likely N-dealkylation sites (N-methyl/N-ethyl adjacent to an activating group) is 1. The van der Waals surface area contributed by atoms with Crippen molar-refractivity contribution in [3.8, 4) is 17.2 Å². The highest BCUT2D eigenvalue weighted by atomic mass is 16.6. The van der Waals surface area contributed by atoms with E-state index in [-0.39, 0.29) is 30.0 Å². The number of carbonyl (C=O) groups is 2. The van der Waals surface area contributed by atoms with E-state index in [2.05, 4.69) is 41.1 Å². The van der Waals surface area contributed by atoms with Gasteiger partial charge >= 0.3 is 11.9 Å². The number of allylic oxidation sites excluding steroid dienone is 1. The number of anilines is 1. The number of hydrogen-bond acceptors (Lipinski definition) is 9. The lowest BCUT2D eigenvalue weighted by Crippen LogP contribution is -2.71. The molecule has 6 bridgehead atoms. The fraction of sp³-hybridized carbons (Fsp3) is 0.471. The first kappa shape index (κ1) is 27.8. The van der Waals surface area contributed by atoms with Crippen molar-refractivity contribution in [1.82, 2.24) is 4.90 Å². The van der Waals surface area contributed by atoms with Gasteiger partial charge in [-0.05, 0) is 55.2 Å². The summed E-state index contributed by atoms with van der Waals surface area (Å²) < 4.78 is 28.7. The predicted octanol–water partition coefficient (Wildman–Crippen LogP) is 3.99. The molecule has 1 saturated carbocycles. The first-order chi connectivity index (χ1) is 20.8. The van der Waals surface area contributed by atoms with Crippen LogP contribution in [0, 0.1) is 11.3 Å². The summed E-state index contributed by atoms with van der Waals surface area (Å²) in [6, 6.07) is 12.2. The number of esters is 2. The van der Waals surface area contributed by atoms with Gasteiger partial charge in [0.25, 0.3) is 0 Å². The number of benzene rings is 2. The molecule has 0 N–H and O–H groups in total. The maximum Gasteiger partial charge on any atom is 0.331 e. The van der Waals surface area contributed by atoms with Crippen LogP contribution in [0.3, 0.4) is 0 Å². The summed E-state index contributed by atoms with van der Waals surface area (Å²) in [5, 5.41) is 0. The lowest BCUT2D eigenvalue weighted by Gasteiger charge is -2.61. The van der Waals surface area contributed by atoms with Crippen molar-refractivity contribution >= 4 is 23.7 Å². The van der Waals surface area contributed by atoms with Crippen molar-refractivity contribution in [1.29, 1.82) is 0 Å². The van der Waals surface area contributed by atoms with Gasteiger partial charge in [-0.2, -0.15) is 0 Å². The van der Waals surface area contributed by atoms with E-state index in [0.29, 0.717) is 22.8 Å². The molecule has 0 amide bonds. The summed E-state index contributed by atoms with van der Waals surface area (Å²) in [6.45, 7) is 2.87. The molecule has 5 heterocycles. The van der Waals surface area contributed by atoms with Crippen molar-refractivity contribution < 1.29 is 33.3 Å². The van der Waals surface area contributed by atoms with Gasteiger partial charge < -0.3 is 28.6 Å². The largest absolute Gasteiger partial charge is 0.493 e. The lowest BCUT2D eigenvalue weighted by molar-refractivity contribution is -0.186. The van der Waals surface area contributed by atoms with Gasteiger partial charge in [-0.1, -0.05) is 29.8 Å². The van der Waals surface area contributed by atoms with E-state index in [1.165, 1.54) is 18.8 Å². The van der Waals surface area contributed by atoms with E-state index in [9.17, 15) is 9.59 Å². The van der Waals surface area contributed by atoms with Crippen molar-refractivity contribution in [2.24, 2.45) is 11.3 Å². The summed E-state index contributed by atoms with van der Waals surface area (Å²) in [5.41, 5.74) is 2.65. The molecule has 3 unspecified atom stereocenters. The minimum absolute atomic E-state index is 0.0626. The molecular weight excluding hydrogens is 548 g/mol. The van der Waals surface area contributed by atoms with Crippen LogP contribution < -0.4 is 19.1 Å². The van der Waals surface area contributed by atoms with Crippen LogP contribution >= 0.6 is 0 Å². The Morgan fingerprint density at radius 3 is 2.40 bits per heavy atom. The third-order valence-electron chi connectivity index (χ3n) is 11.0. The molecule has 1 spiro atoms. The Bertz CT molecular complexity index is 1540. The van der Waals surface area contributed by atoms with Crippen LogP contribution in [0.4, 0.5) is 5.69 Å². The number of rotatable bonds is 7. The molecule has 1 aliphatic carbocycles. The zero-order chi connectivity index (χ0) is 30.3. The molecule has 5 aliphatic heterocycles. The van der Waals surface area contributed by atoms with Crippen LogP contribution in [0.15, 0.2) is 54.1 Å². The molecule has 8 rings (SSSR count). The molecule has 9 heteroatoms. The fourth-order valence-electron chi connectivity index (χ4n) is 9.66. The molecule has 0 aromatic heterocycles. The van der Waals surface area contributed by atoms with E-state index in [0.717, 1.165) is 30.6 Å². The van der Waals surface area contributed by atoms with Crippen LogP contribution in [-0.4, -0.2) is 83.1 Å². The molecular formula is C34H38N2O7. The van der Waals surface area contributed by atoms with E-state index < -0.39 is 22.9 Å². The summed E-state index contributed by atoms with van der Waals surface area (Å²) in [5.74, 6) is 0.576. The highest BCUT2D eigenvalue weighted by Crippen LogP contribution is 2.73. The van der Waals surface area contributed by atoms with Crippen LogP contribution in [-0.2, 0) is 24.5 Å². The first-order valence-electron chi connectivity index (χ1n) is 14.8. The SMILES string of the molecule is C/C=C1/CN2[C@H]3CC45c6ccccc6N(C)[C@@H]4[C@@H]2C[C@@H]1C3(C(=O)OC)[C@H]5OC(=O)/C=C/c1cc(OC)c(OC)c(OC)c1. The highest BCUT2D eigenvalue weighted by molar-refractivity contribution is 5.90. The number of piperidine rings is 4. The predicted molar refractivity (Wildman–Crippen MR) is 161 cm³/mol. The molecule has 2 aromatic rings. The van der Waals surface area contributed by atoms with E-state index in [1.807, 2.05) is 13.0 Å². The summed E-state index contributed by atoms with van der Waals surface area (Å²) in [4.78, 5) is 32.9. The van der Waals surface area contributed by atoms with Gasteiger partial charge in [0.2, 0.25) is 5.75 Å². The molecule has 9 nitrogen and oxygen atoms in total. The molecule has 4 saturated heterocycles. The minimum atomic E-state index is -1.01. The van der Waals surface area contributed by atoms with Gasteiger partial charge in [0, 0.05) is 43.4 Å². The maximum atomic E-state index is 14.2. The van der Waals surface area contributed by atoms with Crippen LogP contribution in [0.5, 0.6) is 17.2 Å². The second-order valence-corrected chi connectivity index (χ2v) is 12.3. The number of hydrogen-bond donors (Lipinski definition) is 0. The summed E-state index contributed by atoms with van der Waals surface area (Å²) in [7, 11) is 8.24. The monoisotopic (exact) mass is 586 g/mol. The number of para-hydroxylation sites is 1. The number of nitrogens with zero attached hydrogens (tertiary/aromatic N) is 2. The molecule has 8 atom stereocenters. The smallest absolute Gasteiger partial charge is 0.331 e. The number of fused-ring (bicyclic) bond motifs is 2. The average molecular weight is 587 g/mol. The molecule has 0 radical (unpaired) electrons. The highest BCUT2D eigenvalue weighted by Gasteiger charge is 2.84. The first-order valence-corrected chi connectivity index (χ1v) is 14.8. The number of methoxy groups -OCH3 is 4. The van der Waals surface area contributed by atoms with Crippen molar-refractivity contribution in [3.05, 3.63) is 65.3 Å². The maximum absolute atomic E-state index is 14.2. The van der Waals surface area contributed by atoms with Gasteiger partial charge in [-0.3, -0.25) is 9.69 Å². The normalized spacial score (nSPS) is 35.2. The standard InChI is InChI=1S/C34H38N2O7/c1-7-20-18-36-24-16-22(20)34(32(38)42-6)27(36)17-33(21-10-8-9-11-23(21)35(2)30(24)33)31(34)43-28(37)13-12-19-14-25(39-3)29(41-5)26(15-19)40-4/h7-15,22,24,27,30-31H,16-18H2,1-6H3/b13-12+,20-7-/t22-,24-,27-,30+,31-,33?,34?/m0/s1. The molecule has 43 heavy (non-hydrogen) atoms. The molecule has 226 valence electrons. The van der Waals surface area contributed by atoms with Crippen LogP contribution in [0.1, 0.15) is 30.9 Å². The third kappa shape index (κ3) is 3.37. The summed E-state index contributed by atoms with van der Waals surface area (Å²) >= 11 is 0. The van der Waals surface area contributed by atoms with Crippen molar-refractivity contribution in [2.75, 3.05) is 46.9 Å². The Morgan fingerprint density at radius 2 is 1.74 bits per heavy atom. The zero-order valence-electron chi connectivity index (χ0n) is 25.5. The second kappa shape index (κ2) is 9.77. The van der Waals surface area contributed by atoms with Crippen LogP contribution in [0.25, 0.3) is 6.08 Å². The van der Waals surface area contributed by atoms with Gasteiger partial charge in [-0.25, -0.2) is 4.79 Å². The average Bonchev–Trinajstić information content (AvgIpc) is 3.43. The van der Waals surface area contributed by atoms with Gasteiger partial charge in [0.1, 0.15) is 11.5 Å². The summed E-state index contributed by atoms with van der Waals surface area (Å²) in [6.07, 6.45) is 6.08. The van der Waals surface area contributed by atoms with E-state index >= 15 is 0 Å². The molecule has 6 aliphatic rings. The van der Waals surface area contributed by atoms with Crippen molar-refractivity contribution in [2.45, 2.75) is 49.4 Å². The quantitative estimate of drug-likeness (QED) is 0.272. The molecule has 2 aromatic carbocycles. The molecule has 5 fully saturated rings. The van der Waals surface area contributed by atoms with Gasteiger partial charge in [0.05, 0.1) is 39.9 Å². The minimum Gasteiger partial charge on any atom is -0.493 e. The van der Waals surface area contributed by atoms with Gasteiger partial charge in [0.15, 0.2) is 11.5 Å². The zero-order valence-corrected chi connectivity index (χ0v) is 25.5. The Hall–Kier alpha value is -3.98. The Morgan fingerprint density at radius 1 is 1.02 bits per heavy atom. The van der Waals surface area contributed by atoms with E-state index in [1.54, 1.807) is 39.5 Å². The fourth-order valence-corrected chi connectivity index (χ4v) is 9.66. The Kier molecular flexibility index (Phi) is 6.32. The van der Waals surface area contributed by atoms with Crippen molar-refractivity contribution in [3.63, 3.8) is 0 Å². The topological polar surface area (TPSA) is 86.8 Å². The second-order valence-electron chi connectivity index (χ2n) is 12.3. The third-order valence-corrected chi connectivity index (χ3v) is 11.0. The van der Waals surface area contributed by atoms with E-state index in [4.69, 9.17) is 23.7 Å². The lowest BCUT2D eigenvalue weighted by atomic mass is 9.58. The Labute approximate surface area is 252 Å². The van der Waals surface area contributed by atoms with Gasteiger partial charge in [-0.15, -0.1) is 0 Å². The number of carbonyl (C=O) groups excluding carboxylic acids is 2. The Balaban J connectivity index is 1.35. The number of ether oxygens (including phenoxy) is 5. The van der Waals surface area contributed by atoms with Crippen LogP contribution in [0.2, 0.25) is 0 Å².